The predicted molar refractivity (Wildman–Crippen MR) is 83.1 cm³/mol. The number of nitro benzene ring substituents is 1. The molecule has 0 aliphatic rings. The van der Waals surface area contributed by atoms with Gasteiger partial charge in [0.25, 0.3) is 11.6 Å². The van der Waals surface area contributed by atoms with Crippen molar-refractivity contribution >= 4 is 29.1 Å². The summed E-state index contributed by atoms with van der Waals surface area (Å²) in [6, 6.07) is 3.71. The van der Waals surface area contributed by atoms with Crippen LogP contribution in [0.15, 0.2) is 30.6 Å². The number of halogens is 1. The molecule has 0 spiro atoms. The molecule has 1 aromatic carbocycles. The molecule has 2 rings (SSSR count). The number of carbonyl (C=O) groups is 1. The minimum atomic E-state index is -0.567. The minimum Gasteiger partial charge on any atom is -0.317 e. The van der Waals surface area contributed by atoms with Crippen molar-refractivity contribution in [2.75, 3.05) is 5.32 Å². The zero-order valence-corrected chi connectivity index (χ0v) is 12.9. The van der Waals surface area contributed by atoms with Crippen molar-refractivity contribution in [1.29, 1.82) is 0 Å². The number of non-ortho nitro benzene ring substituents is 1. The van der Waals surface area contributed by atoms with Gasteiger partial charge in [0, 0.05) is 31.1 Å². The molecule has 0 atom stereocenters. The lowest BCUT2D eigenvalue weighted by Crippen LogP contribution is -2.17. The van der Waals surface area contributed by atoms with Gasteiger partial charge in [-0.05, 0) is 12.0 Å². The third kappa shape index (κ3) is 3.62. The number of nitrogens with zero attached hydrogens (tertiary/aromatic N) is 3. The third-order valence-electron chi connectivity index (χ3n) is 2.91. The van der Waals surface area contributed by atoms with Crippen molar-refractivity contribution < 1.29 is 9.72 Å². The Bertz CT molecular complexity index is 712. The molecule has 0 saturated carbocycles. The molecule has 116 valence electrons. The summed E-state index contributed by atoms with van der Waals surface area (Å²) in [4.78, 5) is 26.4. The van der Waals surface area contributed by atoms with Crippen LogP contribution in [0.2, 0.25) is 5.02 Å². The minimum absolute atomic E-state index is 0.0219. The van der Waals surface area contributed by atoms with E-state index in [9.17, 15) is 14.9 Å². The van der Waals surface area contributed by atoms with Crippen LogP contribution < -0.4 is 5.32 Å². The summed E-state index contributed by atoms with van der Waals surface area (Å²) in [5.74, 6) is 0.344. The molecule has 1 aromatic heterocycles. The average molecular weight is 323 g/mol. The van der Waals surface area contributed by atoms with Crippen molar-refractivity contribution in [2.45, 2.75) is 20.4 Å². The molecule has 1 heterocycles. The van der Waals surface area contributed by atoms with Gasteiger partial charge in [-0.2, -0.15) is 0 Å². The van der Waals surface area contributed by atoms with E-state index in [1.807, 2.05) is 4.57 Å². The standard InChI is InChI=1S/C14H15ClN4O3/c1-9(2)8-18-6-5-16-14(18)17-13(20)11-4-3-10(19(21)22)7-12(11)15/h3-7,9H,8H2,1-2H3,(H,16,17,20). The summed E-state index contributed by atoms with van der Waals surface area (Å²) in [5.41, 5.74) is -0.00535. The second-order valence-corrected chi connectivity index (χ2v) is 5.58. The summed E-state index contributed by atoms with van der Waals surface area (Å²) in [6.07, 6.45) is 3.36. The van der Waals surface area contributed by atoms with Crippen LogP contribution in [0, 0.1) is 16.0 Å². The highest BCUT2D eigenvalue weighted by atomic mass is 35.5. The number of imidazole rings is 1. The Balaban J connectivity index is 2.19. The first-order valence-corrected chi connectivity index (χ1v) is 7.02. The van der Waals surface area contributed by atoms with E-state index >= 15 is 0 Å². The van der Waals surface area contributed by atoms with E-state index < -0.39 is 10.8 Å². The highest BCUT2D eigenvalue weighted by molar-refractivity contribution is 6.34. The fourth-order valence-electron chi connectivity index (χ4n) is 1.94. The van der Waals surface area contributed by atoms with Crippen LogP contribution in [0.25, 0.3) is 0 Å². The lowest BCUT2D eigenvalue weighted by molar-refractivity contribution is -0.384. The second-order valence-electron chi connectivity index (χ2n) is 5.17. The number of nitro groups is 1. The van der Waals surface area contributed by atoms with Gasteiger partial charge in [0.2, 0.25) is 5.95 Å². The summed E-state index contributed by atoms with van der Waals surface area (Å²) >= 11 is 5.94. The maximum atomic E-state index is 12.2. The van der Waals surface area contributed by atoms with Crippen molar-refractivity contribution in [2.24, 2.45) is 5.92 Å². The average Bonchev–Trinajstić information content (AvgIpc) is 2.84. The molecule has 0 aliphatic carbocycles. The van der Waals surface area contributed by atoms with Gasteiger partial charge in [0.15, 0.2) is 0 Å². The molecule has 0 fully saturated rings. The van der Waals surface area contributed by atoms with E-state index in [1.54, 1.807) is 12.4 Å². The summed E-state index contributed by atoms with van der Waals surface area (Å²) in [5, 5.41) is 13.4. The van der Waals surface area contributed by atoms with Crippen LogP contribution in [0.3, 0.4) is 0 Å². The van der Waals surface area contributed by atoms with Gasteiger partial charge in [0.05, 0.1) is 15.5 Å². The highest BCUT2D eigenvalue weighted by Crippen LogP contribution is 2.23. The van der Waals surface area contributed by atoms with Gasteiger partial charge in [-0.25, -0.2) is 4.98 Å². The van der Waals surface area contributed by atoms with Crippen LogP contribution in [0.4, 0.5) is 11.6 Å². The van der Waals surface area contributed by atoms with Gasteiger partial charge in [-0.15, -0.1) is 0 Å². The number of rotatable bonds is 5. The predicted octanol–water partition coefficient (Wildman–Crippen LogP) is 3.35. The van der Waals surface area contributed by atoms with Gasteiger partial charge in [-0.3, -0.25) is 20.2 Å². The molecule has 1 amide bonds. The molecule has 2 aromatic rings. The van der Waals surface area contributed by atoms with E-state index in [0.29, 0.717) is 18.4 Å². The molecule has 0 unspecified atom stereocenters. The third-order valence-corrected chi connectivity index (χ3v) is 3.22. The molecular formula is C14H15ClN4O3. The molecule has 22 heavy (non-hydrogen) atoms. The van der Waals surface area contributed by atoms with Crippen molar-refractivity contribution in [3.8, 4) is 0 Å². The number of benzene rings is 1. The van der Waals surface area contributed by atoms with Gasteiger partial charge in [0.1, 0.15) is 0 Å². The smallest absolute Gasteiger partial charge is 0.270 e. The number of carbonyl (C=O) groups excluding carboxylic acids is 1. The monoisotopic (exact) mass is 322 g/mol. The number of hydrogen-bond acceptors (Lipinski definition) is 4. The topological polar surface area (TPSA) is 90.1 Å². The highest BCUT2D eigenvalue weighted by Gasteiger charge is 2.16. The normalized spacial score (nSPS) is 10.7. The van der Waals surface area contributed by atoms with E-state index in [1.165, 1.54) is 12.1 Å². The fourth-order valence-corrected chi connectivity index (χ4v) is 2.21. The van der Waals surface area contributed by atoms with Gasteiger partial charge < -0.3 is 4.57 Å². The number of anilines is 1. The molecule has 0 aliphatic heterocycles. The molecular weight excluding hydrogens is 308 g/mol. The van der Waals surface area contributed by atoms with Crippen LogP contribution in [-0.2, 0) is 6.54 Å². The van der Waals surface area contributed by atoms with E-state index in [2.05, 4.69) is 24.1 Å². The van der Waals surface area contributed by atoms with E-state index in [4.69, 9.17) is 11.6 Å². The molecule has 7 nitrogen and oxygen atoms in total. The maximum absolute atomic E-state index is 12.2. The van der Waals surface area contributed by atoms with Crippen LogP contribution in [-0.4, -0.2) is 20.4 Å². The van der Waals surface area contributed by atoms with Crippen LogP contribution in [0.5, 0.6) is 0 Å². The Morgan fingerprint density at radius 1 is 1.50 bits per heavy atom. The number of aromatic nitrogens is 2. The van der Waals surface area contributed by atoms with Crippen LogP contribution in [0.1, 0.15) is 24.2 Å². The van der Waals surface area contributed by atoms with Gasteiger partial charge >= 0.3 is 0 Å². The largest absolute Gasteiger partial charge is 0.317 e. The van der Waals surface area contributed by atoms with Gasteiger partial charge in [-0.1, -0.05) is 25.4 Å². The molecule has 0 bridgehead atoms. The van der Waals surface area contributed by atoms with Crippen LogP contribution >= 0.6 is 11.6 Å². The summed E-state index contributed by atoms with van der Waals surface area (Å²) in [6.45, 7) is 4.82. The Morgan fingerprint density at radius 3 is 2.82 bits per heavy atom. The summed E-state index contributed by atoms with van der Waals surface area (Å²) in [7, 11) is 0. The Hall–Kier alpha value is -2.41. The maximum Gasteiger partial charge on any atom is 0.270 e. The quantitative estimate of drug-likeness (QED) is 0.675. The summed E-state index contributed by atoms with van der Waals surface area (Å²) < 4.78 is 1.82. The number of amides is 1. The van der Waals surface area contributed by atoms with Crippen molar-refractivity contribution in [1.82, 2.24) is 9.55 Å². The Labute approximate surface area is 132 Å². The Morgan fingerprint density at radius 2 is 2.23 bits per heavy atom. The van der Waals surface area contributed by atoms with Crippen molar-refractivity contribution in [3.63, 3.8) is 0 Å². The molecule has 0 radical (unpaired) electrons. The Kier molecular flexibility index (Phi) is 4.77. The lowest BCUT2D eigenvalue weighted by atomic mass is 10.2. The number of nitrogens with one attached hydrogen (secondary N) is 1. The SMILES string of the molecule is CC(C)Cn1ccnc1NC(=O)c1ccc([N+](=O)[O-])cc1Cl. The molecule has 0 saturated heterocycles. The lowest BCUT2D eigenvalue weighted by Gasteiger charge is -2.11. The zero-order chi connectivity index (χ0) is 16.3. The first-order valence-electron chi connectivity index (χ1n) is 6.65. The molecule has 1 N–H and O–H groups in total. The van der Waals surface area contributed by atoms with E-state index in [0.717, 1.165) is 6.07 Å². The zero-order valence-electron chi connectivity index (χ0n) is 12.1. The fraction of sp³-hybridized carbons (Fsp3) is 0.286. The van der Waals surface area contributed by atoms with Crippen molar-refractivity contribution in [3.05, 3.63) is 51.3 Å². The molecule has 8 heteroatoms. The second kappa shape index (κ2) is 6.57. The van der Waals surface area contributed by atoms with E-state index in [-0.39, 0.29) is 16.3 Å². The first kappa shape index (κ1) is 16.0. The first-order chi connectivity index (χ1) is 10.4. The number of hydrogen-bond donors (Lipinski definition) is 1.